The van der Waals surface area contributed by atoms with Crippen LogP contribution in [0.4, 0.5) is 0 Å². The molecule has 96 valence electrons. The van der Waals surface area contributed by atoms with Gasteiger partial charge in [0.25, 0.3) is 0 Å². The molecule has 1 atom stereocenters. The van der Waals surface area contributed by atoms with Gasteiger partial charge in [0.2, 0.25) is 0 Å². The van der Waals surface area contributed by atoms with Crippen LogP contribution in [0.2, 0.25) is 0 Å². The predicted molar refractivity (Wildman–Crippen MR) is 64.5 cm³/mol. The van der Waals surface area contributed by atoms with Gasteiger partial charge >= 0.3 is 0 Å². The highest BCUT2D eigenvalue weighted by atomic mass is 16.5. The third-order valence-corrected chi connectivity index (χ3v) is 3.52. The van der Waals surface area contributed by atoms with E-state index in [-0.39, 0.29) is 17.1 Å². The Morgan fingerprint density at radius 2 is 1.88 bits per heavy atom. The molecule has 0 saturated carbocycles. The standard InChI is InChI=1S/C13H26O3/c1-12(2,3)6-5-11(14)13(15-4)7-9-16-10-8-13/h11,14H,5-10H2,1-4H3. The van der Waals surface area contributed by atoms with Gasteiger partial charge in [-0.1, -0.05) is 20.8 Å². The molecule has 0 aliphatic carbocycles. The Morgan fingerprint density at radius 3 is 2.31 bits per heavy atom. The SMILES string of the molecule is COC1(C(O)CCC(C)(C)C)CCOCC1. The Morgan fingerprint density at radius 1 is 1.31 bits per heavy atom. The van der Waals surface area contributed by atoms with Crippen LogP contribution in [0.5, 0.6) is 0 Å². The first-order chi connectivity index (χ1) is 7.40. The molecular formula is C13H26O3. The maximum Gasteiger partial charge on any atom is 0.0980 e. The molecule has 16 heavy (non-hydrogen) atoms. The third-order valence-electron chi connectivity index (χ3n) is 3.52. The van der Waals surface area contributed by atoms with E-state index < -0.39 is 0 Å². The van der Waals surface area contributed by atoms with E-state index in [4.69, 9.17) is 9.47 Å². The molecule has 0 amide bonds. The first kappa shape index (κ1) is 13.9. The Labute approximate surface area is 99.1 Å². The number of hydrogen-bond acceptors (Lipinski definition) is 3. The zero-order valence-electron chi connectivity index (χ0n) is 11.1. The van der Waals surface area contributed by atoms with E-state index in [1.165, 1.54) is 0 Å². The fourth-order valence-electron chi connectivity index (χ4n) is 2.22. The summed E-state index contributed by atoms with van der Waals surface area (Å²) < 4.78 is 10.9. The largest absolute Gasteiger partial charge is 0.390 e. The fraction of sp³-hybridized carbons (Fsp3) is 1.00. The summed E-state index contributed by atoms with van der Waals surface area (Å²) in [5.41, 5.74) is -0.107. The summed E-state index contributed by atoms with van der Waals surface area (Å²) in [4.78, 5) is 0. The minimum absolute atomic E-state index is 0.265. The van der Waals surface area contributed by atoms with Gasteiger partial charge in [-0.15, -0.1) is 0 Å². The minimum atomic E-state index is -0.374. The number of hydrogen-bond donors (Lipinski definition) is 1. The Bertz CT molecular complexity index is 202. The summed E-state index contributed by atoms with van der Waals surface area (Å²) in [5, 5.41) is 10.3. The molecule has 1 aliphatic rings. The summed E-state index contributed by atoms with van der Waals surface area (Å²) in [6.45, 7) is 7.98. The number of methoxy groups -OCH3 is 1. The highest BCUT2D eigenvalue weighted by molar-refractivity contribution is 4.90. The first-order valence-electron chi connectivity index (χ1n) is 6.21. The highest BCUT2D eigenvalue weighted by Gasteiger charge is 2.39. The van der Waals surface area contributed by atoms with Crippen LogP contribution in [0.15, 0.2) is 0 Å². The Kier molecular flexibility index (Phi) is 4.77. The molecule has 3 heteroatoms. The fourth-order valence-corrected chi connectivity index (χ4v) is 2.22. The zero-order valence-corrected chi connectivity index (χ0v) is 11.1. The van der Waals surface area contributed by atoms with E-state index in [0.717, 1.165) is 25.7 Å². The second-order valence-corrected chi connectivity index (χ2v) is 6.00. The van der Waals surface area contributed by atoms with E-state index in [2.05, 4.69) is 20.8 Å². The number of ether oxygens (including phenoxy) is 2. The summed E-state index contributed by atoms with van der Waals surface area (Å²) >= 11 is 0. The molecule has 1 heterocycles. The normalized spacial score (nSPS) is 23.1. The Hall–Kier alpha value is -0.120. The monoisotopic (exact) mass is 230 g/mol. The molecule has 3 nitrogen and oxygen atoms in total. The number of rotatable bonds is 4. The molecule has 1 unspecified atom stereocenters. The van der Waals surface area contributed by atoms with Crippen LogP contribution in [-0.4, -0.2) is 37.1 Å². The van der Waals surface area contributed by atoms with Gasteiger partial charge in [-0.2, -0.15) is 0 Å². The summed E-state index contributed by atoms with van der Waals surface area (Å²) in [6, 6.07) is 0. The van der Waals surface area contributed by atoms with Gasteiger partial charge in [-0.05, 0) is 18.3 Å². The van der Waals surface area contributed by atoms with E-state index in [1.54, 1.807) is 7.11 Å². The van der Waals surface area contributed by atoms with E-state index in [9.17, 15) is 5.11 Å². The van der Waals surface area contributed by atoms with Gasteiger partial charge in [0, 0.05) is 33.2 Å². The van der Waals surface area contributed by atoms with Gasteiger partial charge < -0.3 is 14.6 Å². The molecule has 1 rings (SSSR count). The summed E-state index contributed by atoms with van der Waals surface area (Å²) in [7, 11) is 1.70. The second-order valence-electron chi connectivity index (χ2n) is 6.00. The van der Waals surface area contributed by atoms with Crippen molar-refractivity contribution in [2.75, 3.05) is 20.3 Å². The molecular weight excluding hydrogens is 204 g/mol. The minimum Gasteiger partial charge on any atom is -0.390 e. The highest BCUT2D eigenvalue weighted by Crippen LogP contribution is 2.32. The van der Waals surface area contributed by atoms with Crippen molar-refractivity contribution in [3.8, 4) is 0 Å². The maximum atomic E-state index is 10.3. The van der Waals surface area contributed by atoms with E-state index >= 15 is 0 Å². The van der Waals surface area contributed by atoms with Crippen molar-refractivity contribution in [1.82, 2.24) is 0 Å². The molecule has 0 spiro atoms. The van der Waals surface area contributed by atoms with Gasteiger partial charge in [0.05, 0.1) is 11.7 Å². The van der Waals surface area contributed by atoms with Crippen molar-refractivity contribution in [3.63, 3.8) is 0 Å². The molecule has 0 aromatic carbocycles. The van der Waals surface area contributed by atoms with Crippen molar-refractivity contribution < 1.29 is 14.6 Å². The van der Waals surface area contributed by atoms with Crippen molar-refractivity contribution in [2.24, 2.45) is 5.41 Å². The first-order valence-corrected chi connectivity index (χ1v) is 6.21. The predicted octanol–water partition coefficient (Wildman–Crippen LogP) is 2.37. The average molecular weight is 230 g/mol. The molecule has 1 saturated heterocycles. The average Bonchev–Trinajstić information content (AvgIpc) is 2.25. The van der Waals surface area contributed by atoms with Crippen LogP contribution >= 0.6 is 0 Å². The van der Waals surface area contributed by atoms with Crippen molar-refractivity contribution in [3.05, 3.63) is 0 Å². The lowest BCUT2D eigenvalue weighted by Crippen LogP contribution is -2.48. The van der Waals surface area contributed by atoms with Crippen LogP contribution < -0.4 is 0 Å². The molecule has 0 bridgehead atoms. The zero-order chi connectivity index (χ0) is 12.2. The maximum absolute atomic E-state index is 10.3. The van der Waals surface area contributed by atoms with Gasteiger partial charge in [-0.3, -0.25) is 0 Å². The van der Waals surface area contributed by atoms with Gasteiger partial charge in [0.1, 0.15) is 0 Å². The van der Waals surface area contributed by atoms with Crippen LogP contribution in [0.1, 0.15) is 46.5 Å². The molecule has 0 aromatic heterocycles. The number of aliphatic hydroxyl groups is 1. The van der Waals surface area contributed by atoms with Gasteiger partial charge in [-0.25, -0.2) is 0 Å². The smallest absolute Gasteiger partial charge is 0.0980 e. The lowest BCUT2D eigenvalue weighted by molar-refractivity contribution is -0.155. The third kappa shape index (κ3) is 3.72. The van der Waals surface area contributed by atoms with Crippen molar-refractivity contribution >= 4 is 0 Å². The van der Waals surface area contributed by atoms with E-state index in [1.807, 2.05) is 0 Å². The topological polar surface area (TPSA) is 38.7 Å². The molecule has 0 aromatic rings. The lowest BCUT2D eigenvalue weighted by Gasteiger charge is -2.40. The van der Waals surface area contributed by atoms with Crippen LogP contribution in [0.25, 0.3) is 0 Å². The van der Waals surface area contributed by atoms with Crippen LogP contribution in [-0.2, 0) is 9.47 Å². The summed E-state index contributed by atoms with van der Waals surface area (Å²) in [6.07, 6.45) is 3.04. The van der Waals surface area contributed by atoms with E-state index in [0.29, 0.717) is 13.2 Å². The molecule has 1 fully saturated rings. The summed E-state index contributed by atoms with van der Waals surface area (Å²) in [5.74, 6) is 0. The lowest BCUT2D eigenvalue weighted by atomic mass is 9.81. The molecule has 0 radical (unpaired) electrons. The van der Waals surface area contributed by atoms with Crippen molar-refractivity contribution in [1.29, 1.82) is 0 Å². The van der Waals surface area contributed by atoms with Crippen LogP contribution in [0, 0.1) is 5.41 Å². The van der Waals surface area contributed by atoms with Gasteiger partial charge in [0.15, 0.2) is 0 Å². The second kappa shape index (κ2) is 5.48. The quantitative estimate of drug-likeness (QED) is 0.806. The van der Waals surface area contributed by atoms with Crippen LogP contribution in [0.3, 0.4) is 0 Å². The molecule has 1 aliphatic heterocycles. The Balaban J connectivity index is 2.51. The number of aliphatic hydroxyl groups excluding tert-OH is 1. The molecule has 1 N–H and O–H groups in total. The van der Waals surface area contributed by atoms with Crippen molar-refractivity contribution in [2.45, 2.75) is 58.2 Å².